The summed E-state index contributed by atoms with van der Waals surface area (Å²) >= 11 is 5.53. The normalized spacial score (nSPS) is 13.4. The molecule has 0 radical (unpaired) electrons. The number of nitrogens with one attached hydrogen (secondary N) is 1. The van der Waals surface area contributed by atoms with Crippen LogP contribution in [0.15, 0.2) is 23.1 Å². The van der Waals surface area contributed by atoms with E-state index in [1.807, 2.05) is 0 Å². The summed E-state index contributed by atoms with van der Waals surface area (Å²) < 4.78 is 65.5. The van der Waals surface area contributed by atoms with Crippen LogP contribution in [0.3, 0.4) is 0 Å². The molecule has 0 bridgehead atoms. The topological polar surface area (TPSA) is 72.2 Å². The molecular weight excluding hydrogens is 341 g/mol. The SMILES string of the molecule is CCC(N)(CC)CNS(=O)(=O)c1ccc(Cl)cc1C(F)(F)F. The fourth-order valence-corrected chi connectivity index (χ4v) is 3.29. The first-order valence-electron chi connectivity index (χ1n) is 6.60. The lowest BCUT2D eigenvalue weighted by molar-refractivity contribution is -0.139. The fraction of sp³-hybridized carbons (Fsp3) is 0.538. The number of halogens is 4. The van der Waals surface area contributed by atoms with Crippen LogP contribution in [0.4, 0.5) is 13.2 Å². The maximum atomic E-state index is 13.0. The van der Waals surface area contributed by atoms with Crippen molar-refractivity contribution in [3.63, 3.8) is 0 Å². The summed E-state index contributed by atoms with van der Waals surface area (Å²) in [5, 5.41) is -0.193. The third-order valence-electron chi connectivity index (χ3n) is 3.56. The lowest BCUT2D eigenvalue weighted by atomic mass is 9.95. The monoisotopic (exact) mass is 358 g/mol. The summed E-state index contributed by atoms with van der Waals surface area (Å²) in [6.07, 6.45) is -3.86. The lowest BCUT2D eigenvalue weighted by Crippen LogP contribution is -2.49. The van der Waals surface area contributed by atoms with E-state index >= 15 is 0 Å². The molecule has 1 aromatic rings. The molecule has 0 heterocycles. The van der Waals surface area contributed by atoms with Crippen molar-refractivity contribution in [3.05, 3.63) is 28.8 Å². The van der Waals surface area contributed by atoms with Crippen LogP contribution in [0.1, 0.15) is 32.3 Å². The van der Waals surface area contributed by atoms with Crippen molar-refractivity contribution in [2.24, 2.45) is 5.73 Å². The van der Waals surface area contributed by atoms with Gasteiger partial charge in [0, 0.05) is 17.1 Å². The third kappa shape index (κ3) is 4.58. The summed E-state index contributed by atoms with van der Waals surface area (Å²) in [5.74, 6) is 0. The average Bonchev–Trinajstić information content (AvgIpc) is 2.43. The molecule has 1 aromatic carbocycles. The molecule has 0 aliphatic heterocycles. The van der Waals surface area contributed by atoms with Gasteiger partial charge in [-0.25, -0.2) is 13.1 Å². The Bertz CT molecular complexity index is 629. The van der Waals surface area contributed by atoms with Crippen molar-refractivity contribution in [1.82, 2.24) is 4.72 Å². The Morgan fingerprint density at radius 2 is 1.77 bits per heavy atom. The highest BCUT2D eigenvalue weighted by molar-refractivity contribution is 7.89. The molecule has 0 unspecified atom stereocenters. The zero-order valence-corrected chi connectivity index (χ0v) is 13.7. The van der Waals surface area contributed by atoms with Crippen molar-refractivity contribution in [3.8, 4) is 0 Å². The van der Waals surface area contributed by atoms with Gasteiger partial charge in [0.05, 0.1) is 10.5 Å². The standard InChI is InChI=1S/C13H18ClF3N2O2S/c1-3-12(18,4-2)8-19-22(20,21)11-6-5-9(14)7-10(11)13(15,16)17/h5-7,19H,3-4,8,18H2,1-2H3. The van der Waals surface area contributed by atoms with Crippen molar-refractivity contribution in [2.45, 2.75) is 43.3 Å². The predicted octanol–water partition coefficient (Wildman–Crippen LogP) is 3.15. The van der Waals surface area contributed by atoms with Crippen molar-refractivity contribution >= 4 is 21.6 Å². The van der Waals surface area contributed by atoms with Gasteiger partial charge in [0.15, 0.2) is 0 Å². The van der Waals surface area contributed by atoms with Crippen LogP contribution < -0.4 is 10.5 Å². The van der Waals surface area contributed by atoms with Crippen LogP contribution in [-0.4, -0.2) is 20.5 Å². The molecule has 0 saturated carbocycles. The Morgan fingerprint density at radius 3 is 2.23 bits per heavy atom. The lowest BCUT2D eigenvalue weighted by Gasteiger charge is -2.27. The van der Waals surface area contributed by atoms with Gasteiger partial charge in [-0.15, -0.1) is 0 Å². The van der Waals surface area contributed by atoms with Crippen molar-refractivity contribution in [1.29, 1.82) is 0 Å². The van der Waals surface area contributed by atoms with Gasteiger partial charge in [0.1, 0.15) is 0 Å². The summed E-state index contributed by atoms with van der Waals surface area (Å²) in [4.78, 5) is -0.862. The summed E-state index contributed by atoms with van der Waals surface area (Å²) in [6, 6.07) is 2.52. The highest BCUT2D eigenvalue weighted by Crippen LogP contribution is 2.35. The van der Waals surface area contributed by atoms with E-state index in [-0.39, 0.29) is 11.6 Å². The van der Waals surface area contributed by atoms with E-state index in [1.54, 1.807) is 13.8 Å². The molecular formula is C13H18ClF3N2O2S. The molecule has 0 fully saturated rings. The molecule has 1 rings (SSSR count). The Labute approximate surface area is 132 Å². The largest absolute Gasteiger partial charge is 0.417 e. The molecule has 0 aromatic heterocycles. The maximum absolute atomic E-state index is 13.0. The van der Waals surface area contributed by atoms with Crippen LogP contribution >= 0.6 is 11.6 Å². The maximum Gasteiger partial charge on any atom is 0.417 e. The smallest absolute Gasteiger partial charge is 0.324 e. The number of alkyl halides is 3. The molecule has 126 valence electrons. The fourth-order valence-electron chi connectivity index (χ4n) is 1.77. The number of benzene rings is 1. The third-order valence-corrected chi connectivity index (χ3v) is 5.25. The Kier molecular flexibility index (Phi) is 5.88. The van der Waals surface area contributed by atoms with Gasteiger partial charge in [0.25, 0.3) is 0 Å². The van der Waals surface area contributed by atoms with E-state index in [2.05, 4.69) is 4.72 Å². The first kappa shape index (κ1) is 19.2. The highest BCUT2D eigenvalue weighted by Gasteiger charge is 2.37. The van der Waals surface area contributed by atoms with Gasteiger partial charge in [-0.05, 0) is 31.0 Å². The Hall–Kier alpha value is -0.830. The second-order valence-electron chi connectivity index (χ2n) is 5.03. The molecule has 4 nitrogen and oxygen atoms in total. The number of hydrogen-bond acceptors (Lipinski definition) is 3. The highest BCUT2D eigenvalue weighted by atomic mass is 35.5. The van der Waals surface area contributed by atoms with Crippen molar-refractivity contribution in [2.75, 3.05) is 6.54 Å². The van der Waals surface area contributed by atoms with E-state index in [9.17, 15) is 21.6 Å². The molecule has 0 aliphatic carbocycles. The molecule has 0 amide bonds. The van der Waals surface area contributed by atoms with Crippen LogP contribution in [-0.2, 0) is 16.2 Å². The zero-order valence-electron chi connectivity index (χ0n) is 12.2. The first-order chi connectivity index (χ1) is 9.95. The summed E-state index contributed by atoms with van der Waals surface area (Å²) in [6.45, 7) is 3.41. The molecule has 9 heteroatoms. The van der Waals surface area contributed by atoms with Gasteiger partial charge in [-0.3, -0.25) is 0 Å². The zero-order chi connectivity index (χ0) is 17.2. The van der Waals surface area contributed by atoms with E-state index < -0.39 is 32.2 Å². The van der Waals surface area contributed by atoms with Gasteiger partial charge >= 0.3 is 6.18 Å². The molecule has 0 saturated heterocycles. The van der Waals surface area contributed by atoms with E-state index in [0.29, 0.717) is 18.9 Å². The van der Waals surface area contributed by atoms with Gasteiger partial charge < -0.3 is 5.73 Å². The predicted molar refractivity (Wildman–Crippen MR) is 79.1 cm³/mol. The molecule has 0 aliphatic rings. The van der Waals surface area contributed by atoms with Crippen LogP contribution in [0.5, 0.6) is 0 Å². The van der Waals surface area contributed by atoms with E-state index in [1.165, 1.54) is 0 Å². The van der Waals surface area contributed by atoms with E-state index in [4.69, 9.17) is 17.3 Å². The molecule has 0 atom stereocenters. The summed E-state index contributed by atoms with van der Waals surface area (Å²) in [5.41, 5.74) is 3.85. The quantitative estimate of drug-likeness (QED) is 0.820. The van der Waals surface area contributed by atoms with Crippen molar-refractivity contribution < 1.29 is 21.6 Å². The first-order valence-corrected chi connectivity index (χ1v) is 8.46. The van der Waals surface area contributed by atoms with Gasteiger partial charge in [-0.2, -0.15) is 13.2 Å². The minimum atomic E-state index is -4.83. The number of nitrogens with two attached hydrogens (primary N) is 1. The second-order valence-corrected chi connectivity index (χ2v) is 7.20. The molecule has 3 N–H and O–H groups in total. The minimum Gasteiger partial charge on any atom is -0.324 e. The van der Waals surface area contributed by atoms with Gasteiger partial charge in [0.2, 0.25) is 10.0 Å². The Morgan fingerprint density at radius 1 is 1.23 bits per heavy atom. The molecule has 0 spiro atoms. The number of sulfonamides is 1. The van der Waals surface area contributed by atoms with Crippen LogP contribution in [0.25, 0.3) is 0 Å². The minimum absolute atomic E-state index is 0.151. The Balaban J connectivity index is 3.19. The summed E-state index contributed by atoms with van der Waals surface area (Å²) in [7, 11) is -4.35. The average molecular weight is 359 g/mol. The number of hydrogen-bond donors (Lipinski definition) is 2. The number of rotatable bonds is 6. The van der Waals surface area contributed by atoms with Crippen LogP contribution in [0, 0.1) is 0 Å². The van der Waals surface area contributed by atoms with Crippen LogP contribution in [0.2, 0.25) is 5.02 Å². The van der Waals surface area contributed by atoms with E-state index in [0.717, 1.165) is 12.1 Å². The molecule has 22 heavy (non-hydrogen) atoms. The van der Waals surface area contributed by atoms with Gasteiger partial charge in [-0.1, -0.05) is 25.4 Å². The second kappa shape index (κ2) is 6.74.